The van der Waals surface area contributed by atoms with Crippen molar-refractivity contribution in [3.63, 3.8) is 0 Å². The molecule has 1 N–H and O–H groups in total. The summed E-state index contributed by atoms with van der Waals surface area (Å²) in [5.74, 6) is 0.514. The van der Waals surface area contributed by atoms with Gasteiger partial charge in [0.1, 0.15) is 11.8 Å². The Morgan fingerprint density at radius 1 is 0.964 bits per heavy atom. The van der Waals surface area contributed by atoms with Gasteiger partial charge in [-0.2, -0.15) is 0 Å². The first-order valence-electron chi connectivity index (χ1n) is 9.58. The number of benzene rings is 2. The summed E-state index contributed by atoms with van der Waals surface area (Å²) in [5, 5.41) is 2.90. The van der Waals surface area contributed by atoms with Gasteiger partial charge in [0.25, 0.3) is 0 Å². The second kappa shape index (κ2) is 9.93. The number of carbonyl (C=O) groups is 2. The van der Waals surface area contributed by atoms with E-state index < -0.39 is 6.04 Å². The van der Waals surface area contributed by atoms with E-state index in [9.17, 15) is 9.59 Å². The van der Waals surface area contributed by atoms with E-state index in [4.69, 9.17) is 4.74 Å². The van der Waals surface area contributed by atoms with Crippen LogP contribution in [0.3, 0.4) is 0 Å². The van der Waals surface area contributed by atoms with Crippen LogP contribution >= 0.6 is 0 Å². The minimum atomic E-state index is -0.561. The fraction of sp³-hybridized carbons (Fsp3) is 0.391. The normalized spacial score (nSPS) is 11.8. The van der Waals surface area contributed by atoms with Crippen LogP contribution in [0, 0.1) is 6.92 Å². The predicted octanol–water partition coefficient (Wildman–Crippen LogP) is 3.49. The van der Waals surface area contributed by atoms with E-state index >= 15 is 0 Å². The van der Waals surface area contributed by atoms with Crippen LogP contribution in [0.15, 0.2) is 48.5 Å². The Kier molecular flexibility index (Phi) is 7.61. The monoisotopic (exact) mass is 382 g/mol. The van der Waals surface area contributed by atoms with Crippen molar-refractivity contribution in [3.8, 4) is 5.75 Å². The molecule has 0 aliphatic rings. The van der Waals surface area contributed by atoms with Crippen LogP contribution in [0.1, 0.15) is 37.5 Å². The zero-order chi connectivity index (χ0) is 20.7. The van der Waals surface area contributed by atoms with Gasteiger partial charge in [0.2, 0.25) is 11.8 Å². The zero-order valence-corrected chi connectivity index (χ0v) is 17.4. The maximum absolute atomic E-state index is 13.1. The second-order valence-corrected chi connectivity index (χ2v) is 7.37. The molecule has 0 saturated carbocycles. The highest BCUT2D eigenvalue weighted by molar-refractivity contribution is 5.88. The van der Waals surface area contributed by atoms with Crippen molar-refractivity contribution in [2.45, 2.75) is 52.7 Å². The van der Waals surface area contributed by atoms with Gasteiger partial charge in [0.15, 0.2) is 0 Å². The maximum atomic E-state index is 13.1. The fourth-order valence-corrected chi connectivity index (χ4v) is 2.90. The Hall–Kier alpha value is -2.82. The number of nitrogens with zero attached hydrogens (tertiary/aromatic N) is 1. The van der Waals surface area contributed by atoms with Crippen LogP contribution in [0.4, 0.5) is 0 Å². The van der Waals surface area contributed by atoms with E-state index in [0.29, 0.717) is 6.54 Å². The molecule has 5 heteroatoms. The first kappa shape index (κ1) is 21.5. The Bertz CT molecular complexity index is 782. The molecule has 28 heavy (non-hydrogen) atoms. The van der Waals surface area contributed by atoms with Crippen molar-refractivity contribution >= 4 is 11.8 Å². The first-order chi connectivity index (χ1) is 13.3. The van der Waals surface area contributed by atoms with Crippen LogP contribution < -0.4 is 10.1 Å². The van der Waals surface area contributed by atoms with E-state index in [0.717, 1.165) is 22.4 Å². The zero-order valence-electron chi connectivity index (χ0n) is 17.4. The Balaban J connectivity index is 2.20. The summed E-state index contributed by atoms with van der Waals surface area (Å²) in [7, 11) is 1.61. The quantitative estimate of drug-likeness (QED) is 0.760. The fourth-order valence-electron chi connectivity index (χ4n) is 2.90. The van der Waals surface area contributed by atoms with Gasteiger partial charge < -0.3 is 15.0 Å². The number of rotatable bonds is 8. The predicted molar refractivity (Wildman–Crippen MR) is 111 cm³/mol. The lowest BCUT2D eigenvalue weighted by molar-refractivity contribution is -0.140. The molecule has 2 aromatic carbocycles. The molecule has 2 amide bonds. The molecule has 0 bridgehead atoms. The summed E-state index contributed by atoms with van der Waals surface area (Å²) < 4.78 is 5.17. The van der Waals surface area contributed by atoms with Crippen molar-refractivity contribution in [2.24, 2.45) is 0 Å². The second-order valence-electron chi connectivity index (χ2n) is 7.37. The molecule has 0 saturated heterocycles. The Morgan fingerprint density at radius 2 is 1.54 bits per heavy atom. The highest BCUT2D eigenvalue weighted by atomic mass is 16.5. The van der Waals surface area contributed by atoms with Gasteiger partial charge in [-0.3, -0.25) is 9.59 Å². The molecule has 2 aromatic rings. The summed E-state index contributed by atoms with van der Waals surface area (Å²) in [6.07, 6.45) is 0.231. The number of hydrogen-bond donors (Lipinski definition) is 1. The number of amides is 2. The Labute approximate surface area is 167 Å². The Morgan fingerprint density at radius 3 is 2.07 bits per heavy atom. The summed E-state index contributed by atoms with van der Waals surface area (Å²) in [6, 6.07) is 14.9. The summed E-state index contributed by atoms with van der Waals surface area (Å²) >= 11 is 0. The molecule has 1 unspecified atom stereocenters. The van der Waals surface area contributed by atoms with Crippen molar-refractivity contribution < 1.29 is 14.3 Å². The largest absolute Gasteiger partial charge is 0.497 e. The maximum Gasteiger partial charge on any atom is 0.242 e. The van der Waals surface area contributed by atoms with Crippen molar-refractivity contribution in [1.82, 2.24) is 10.2 Å². The first-order valence-corrected chi connectivity index (χ1v) is 9.58. The van der Waals surface area contributed by atoms with E-state index in [1.165, 1.54) is 0 Å². The summed E-state index contributed by atoms with van der Waals surface area (Å²) in [4.78, 5) is 27.3. The highest BCUT2D eigenvalue weighted by Crippen LogP contribution is 2.16. The van der Waals surface area contributed by atoms with Gasteiger partial charge in [-0.1, -0.05) is 42.0 Å². The molecule has 1 atom stereocenters. The molecule has 0 fully saturated rings. The SMILES string of the molecule is COc1ccc(CC(=O)N(Cc2ccc(C)cc2)C(C)C(=O)NC(C)C)cc1. The number of carbonyl (C=O) groups excluding carboxylic acids is 2. The highest BCUT2D eigenvalue weighted by Gasteiger charge is 2.26. The minimum absolute atomic E-state index is 0.0212. The lowest BCUT2D eigenvalue weighted by Gasteiger charge is -2.29. The van der Waals surface area contributed by atoms with E-state index in [-0.39, 0.29) is 24.3 Å². The molecule has 5 nitrogen and oxygen atoms in total. The third-order valence-electron chi connectivity index (χ3n) is 4.59. The molecule has 0 radical (unpaired) electrons. The van der Waals surface area contributed by atoms with Crippen LogP contribution in [-0.2, 0) is 22.6 Å². The topological polar surface area (TPSA) is 58.6 Å². The molecule has 0 aliphatic heterocycles. The third kappa shape index (κ3) is 6.12. The number of nitrogens with one attached hydrogen (secondary N) is 1. The number of hydrogen-bond acceptors (Lipinski definition) is 3. The average molecular weight is 383 g/mol. The number of ether oxygens (including phenoxy) is 1. The van der Waals surface area contributed by atoms with Gasteiger partial charge >= 0.3 is 0 Å². The van der Waals surface area contributed by atoms with Crippen LogP contribution in [0.25, 0.3) is 0 Å². The molecule has 2 rings (SSSR count). The van der Waals surface area contributed by atoms with Crippen molar-refractivity contribution in [2.75, 3.05) is 7.11 Å². The van der Waals surface area contributed by atoms with E-state index in [2.05, 4.69) is 5.32 Å². The van der Waals surface area contributed by atoms with E-state index in [1.54, 1.807) is 18.9 Å². The molecule has 150 valence electrons. The van der Waals surface area contributed by atoms with E-state index in [1.807, 2.05) is 69.3 Å². The molecule has 0 heterocycles. The van der Waals surface area contributed by atoms with Crippen molar-refractivity contribution in [3.05, 3.63) is 65.2 Å². The van der Waals surface area contributed by atoms with Crippen LogP contribution in [0.2, 0.25) is 0 Å². The standard InChI is InChI=1S/C23H30N2O3/c1-16(2)24-23(27)18(4)25(15-20-8-6-17(3)7-9-20)22(26)14-19-10-12-21(28-5)13-11-19/h6-13,16,18H,14-15H2,1-5H3,(H,24,27). The van der Waals surface area contributed by atoms with Gasteiger partial charge in [-0.05, 0) is 51.0 Å². The van der Waals surface area contributed by atoms with Crippen LogP contribution in [0.5, 0.6) is 5.75 Å². The number of methoxy groups -OCH3 is 1. The molecular formula is C23H30N2O3. The summed E-state index contributed by atoms with van der Waals surface area (Å²) in [6.45, 7) is 8.01. The van der Waals surface area contributed by atoms with Crippen molar-refractivity contribution in [1.29, 1.82) is 0 Å². The lowest BCUT2D eigenvalue weighted by atomic mass is 10.1. The average Bonchev–Trinajstić information content (AvgIpc) is 2.67. The number of aryl methyl sites for hydroxylation is 1. The van der Waals surface area contributed by atoms with Gasteiger partial charge in [-0.15, -0.1) is 0 Å². The molecule has 0 aromatic heterocycles. The van der Waals surface area contributed by atoms with Crippen LogP contribution in [-0.4, -0.2) is 35.9 Å². The smallest absolute Gasteiger partial charge is 0.242 e. The lowest BCUT2D eigenvalue weighted by Crippen LogP contribution is -2.49. The van der Waals surface area contributed by atoms with Gasteiger partial charge in [-0.25, -0.2) is 0 Å². The molecule has 0 spiro atoms. The third-order valence-corrected chi connectivity index (χ3v) is 4.59. The summed E-state index contributed by atoms with van der Waals surface area (Å²) in [5.41, 5.74) is 3.04. The molecular weight excluding hydrogens is 352 g/mol. The van der Waals surface area contributed by atoms with Gasteiger partial charge in [0.05, 0.1) is 13.5 Å². The molecule has 0 aliphatic carbocycles. The minimum Gasteiger partial charge on any atom is -0.497 e. The van der Waals surface area contributed by atoms with Gasteiger partial charge in [0, 0.05) is 12.6 Å².